The minimum atomic E-state index is -1.11. The summed E-state index contributed by atoms with van der Waals surface area (Å²) in [6.45, 7) is 7.40. The Morgan fingerprint density at radius 1 is 1.11 bits per heavy atom. The minimum Gasteiger partial charge on any atom is -0.387 e. The fourth-order valence-corrected chi connectivity index (χ4v) is 6.36. The molecule has 2 atom stereocenters. The van der Waals surface area contributed by atoms with Gasteiger partial charge in [-0.1, -0.05) is 63.9 Å². The first-order chi connectivity index (χ1) is 16.7. The lowest BCUT2D eigenvalue weighted by atomic mass is 9.65. The van der Waals surface area contributed by atoms with Gasteiger partial charge in [-0.25, -0.2) is 0 Å². The average Bonchev–Trinajstić information content (AvgIpc) is 3.31. The molecular formula is C29H38N2O4. The second-order valence-electron chi connectivity index (χ2n) is 11.2. The van der Waals surface area contributed by atoms with Crippen LogP contribution in [0.1, 0.15) is 69.7 Å². The Labute approximate surface area is 208 Å². The predicted molar refractivity (Wildman–Crippen MR) is 137 cm³/mol. The van der Waals surface area contributed by atoms with Gasteiger partial charge in [0.2, 0.25) is 5.91 Å². The first-order valence-corrected chi connectivity index (χ1v) is 12.9. The molecule has 4 rings (SSSR count). The van der Waals surface area contributed by atoms with Gasteiger partial charge in [0.1, 0.15) is 0 Å². The molecule has 6 nitrogen and oxygen atoms in total. The van der Waals surface area contributed by atoms with Gasteiger partial charge in [-0.2, -0.15) is 0 Å². The summed E-state index contributed by atoms with van der Waals surface area (Å²) in [5.41, 5.74) is 0.0585. The Morgan fingerprint density at radius 3 is 2.43 bits per heavy atom. The summed E-state index contributed by atoms with van der Waals surface area (Å²) in [7, 11) is 0. The van der Waals surface area contributed by atoms with Crippen molar-refractivity contribution in [3.05, 3.63) is 58.5 Å². The summed E-state index contributed by atoms with van der Waals surface area (Å²) in [6.07, 6.45) is 7.32. The molecule has 2 fully saturated rings. The maximum absolute atomic E-state index is 13.2. The number of aldehydes is 1. The molecule has 1 aliphatic heterocycles. The number of aromatic nitrogens is 1. The van der Waals surface area contributed by atoms with Crippen LogP contribution in [0.4, 0.5) is 0 Å². The molecular weight excluding hydrogens is 440 g/mol. The van der Waals surface area contributed by atoms with Crippen LogP contribution >= 0.6 is 0 Å². The molecule has 1 aliphatic carbocycles. The molecule has 1 N–H and O–H groups in total. The summed E-state index contributed by atoms with van der Waals surface area (Å²) < 4.78 is 1.50. The Kier molecular flexibility index (Phi) is 7.32. The van der Waals surface area contributed by atoms with Gasteiger partial charge < -0.3 is 14.6 Å². The van der Waals surface area contributed by atoms with E-state index in [0.29, 0.717) is 36.6 Å². The molecule has 188 valence electrons. The van der Waals surface area contributed by atoms with Crippen molar-refractivity contribution in [3.8, 4) is 11.1 Å². The van der Waals surface area contributed by atoms with E-state index in [0.717, 1.165) is 44.0 Å². The molecule has 0 bridgehead atoms. The number of piperidine rings is 1. The monoisotopic (exact) mass is 478 g/mol. The van der Waals surface area contributed by atoms with Crippen molar-refractivity contribution in [1.82, 2.24) is 9.47 Å². The van der Waals surface area contributed by atoms with Gasteiger partial charge >= 0.3 is 0 Å². The number of hydrogen-bond acceptors (Lipinski definition) is 4. The van der Waals surface area contributed by atoms with Crippen LogP contribution in [0.25, 0.3) is 11.1 Å². The van der Waals surface area contributed by atoms with Crippen molar-refractivity contribution in [2.45, 2.75) is 71.4 Å². The van der Waals surface area contributed by atoms with Gasteiger partial charge in [0, 0.05) is 42.2 Å². The van der Waals surface area contributed by atoms with E-state index in [-0.39, 0.29) is 23.9 Å². The summed E-state index contributed by atoms with van der Waals surface area (Å²) in [5, 5.41) is 12.0. The number of carbonyl (C=O) groups excluding carboxylic acids is 2. The van der Waals surface area contributed by atoms with Crippen LogP contribution in [0.15, 0.2) is 47.4 Å². The van der Waals surface area contributed by atoms with E-state index < -0.39 is 11.0 Å². The highest BCUT2D eigenvalue weighted by molar-refractivity contribution is 5.87. The largest absolute Gasteiger partial charge is 0.387 e. The molecule has 0 radical (unpaired) electrons. The number of likely N-dealkylation sites (tertiary alicyclic amines) is 1. The highest BCUT2D eigenvalue weighted by Gasteiger charge is 2.55. The molecule has 1 spiro atoms. The van der Waals surface area contributed by atoms with E-state index in [2.05, 4.69) is 13.8 Å². The Bertz CT molecular complexity index is 1120. The third kappa shape index (κ3) is 4.99. The van der Waals surface area contributed by atoms with Crippen LogP contribution in [0.3, 0.4) is 0 Å². The van der Waals surface area contributed by atoms with Crippen molar-refractivity contribution in [3.63, 3.8) is 0 Å². The Hall–Kier alpha value is -2.73. The van der Waals surface area contributed by atoms with E-state index in [1.54, 1.807) is 6.20 Å². The lowest BCUT2D eigenvalue weighted by Gasteiger charge is -2.52. The maximum atomic E-state index is 13.2. The number of rotatable bonds is 7. The highest BCUT2D eigenvalue weighted by Crippen LogP contribution is 2.51. The van der Waals surface area contributed by atoms with Crippen LogP contribution in [0, 0.1) is 17.3 Å². The van der Waals surface area contributed by atoms with Crippen molar-refractivity contribution in [1.29, 1.82) is 0 Å². The third-order valence-corrected chi connectivity index (χ3v) is 8.20. The molecule has 2 aliphatic rings. The SMILES string of the molecule is CC(C)CC(C)C(=O)N1CCC(O)(Cn2cc(C=O)c(-c3ccccc3)cc2=O)C2(CCCC2)C1. The summed E-state index contributed by atoms with van der Waals surface area (Å²) in [6, 6.07) is 10.9. The van der Waals surface area contributed by atoms with Crippen LogP contribution in [-0.4, -0.2) is 45.5 Å². The number of aliphatic hydroxyl groups is 1. The van der Waals surface area contributed by atoms with Crippen LogP contribution in [0.2, 0.25) is 0 Å². The van der Waals surface area contributed by atoms with Crippen molar-refractivity contribution < 1.29 is 14.7 Å². The number of amides is 1. The highest BCUT2D eigenvalue weighted by atomic mass is 16.3. The van der Waals surface area contributed by atoms with E-state index in [9.17, 15) is 19.5 Å². The lowest BCUT2D eigenvalue weighted by Crippen LogP contribution is -2.62. The van der Waals surface area contributed by atoms with Gasteiger partial charge in [-0.05, 0) is 42.7 Å². The van der Waals surface area contributed by atoms with E-state index in [1.165, 1.54) is 10.6 Å². The first kappa shape index (κ1) is 25.4. The van der Waals surface area contributed by atoms with Crippen LogP contribution < -0.4 is 5.56 Å². The fraction of sp³-hybridized carbons (Fsp3) is 0.552. The van der Waals surface area contributed by atoms with Crippen molar-refractivity contribution in [2.75, 3.05) is 13.1 Å². The molecule has 2 aromatic rings. The smallest absolute Gasteiger partial charge is 0.251 e. The molecule has 1 aromatic heterocycles. The van der Waals surface area contributed by atoms with Gasteiger partial charge in [0.25, 0.3) is 5.56 Å². The fourth-order valence-electron chi connectivity index (χ4n) is 6.36. The predicted octanol–water partition coefficient (Wildman–Crippen LogP) is 4.53. The third-order valence-electron chi connectivity index (χ3n) is 8.20. The number of benzene rings is 1. The maximum Gasteiger partial charge on any atom is 0.251 e. The van der Waals surface area contributed by atoms with E-state index in [1.807, 2.05) is 42.2 Å². The second-order valence-corrected chi connectivity index (χ2v) is 11.2. The van der Waals surface area contributed by atoms with E-state index in [4.69, 9.17) is 0 Å². The Morgan fingerprint density at radius 2 is 1.80 bits per heavy atom. The van der Waals surface area contributed by atoms with Crippen molar-refractivity contribution >= 4 is 12.2 Å². The minimum absolute atomic E-state index is 0.0389. The molecule has 35 heavy (non-hydrogen) atoms. The Balaban J connectivity index is 1.62. The molecule has 1 aromatic carbocycles. The van der Waals surface area contributed by atoms with Crippen LogP contribution in [-0.2, 0) is 11.3 Å². The standard InChI is InChI=1S/C29H38N2O4/c1-21(2)15-22(3)27(34)30-14-13-29(35,28(19-30)11-7-8-12-28)20-31-17-24(18-32)25(16-26(31)33)23-9-5-4-6-10-23/h4-6,9-10,16-18,21-22,35H,7-8,11-15,19-20H2,1-3H3. The topological polar surface area (TPSA) is 79.6 Å². The van der Waals surface area contributed by atoms with E-state index >= 15 is 0 Å². The lowest BCUT2D eigenvalue weighted by molar-refractivity contribution is -0.163. The van der Waals surface area contributed by atoms with Gasteiger partial charge in [-0.3, -0.25) is 14.4 Å². The van der Waals surface area contributed by atoms with Crippen molar-refractivity contribution in [2.24, 2.45) is 17.3 Å². The zero-order valence-electron chi connectivity index (χ0n) is 21.2. The number of hydrogen-bond donors (Lipinski definition) is 1. The zero-order chi connectivity index (χ0) is 25.2. The van der Waals surface area contributed by atoms with Crippen LogP contribution in [0.5, 0.6) is 0 Å². The molecule has 1 saturated carbocycles. The first-order valence-electron chi connectivity index (χ1n) is 12.9. The van der Waals surface area contributed by atoms with Gasteiger partial charge in [-0.15, -0.1) is 0 Å². The summed E-state index contributed by atoms with van der Waals surface area (Å²) in [4.78, 5) is 40.2. The molecule has 6 heteroatoms. The van der Waals surface area contributed by atoms with Gasteiger partial charge in [0.15, 0.2) is 6.29 Å². The molecule has 2 heterocycles. The molecule has 1 amide bonds. The second kappa shape index (κ2) is 10.1. The van der Waals surface area contributed by atoms with Gasteiger partial charge in [0.05, 0.1) is 12.1 Å². The average molecular weight is 479 g/mol. The normalized spacial score (nSPS) is 22.5. The summed E-state index contributed by atoms with van der Waals surface area (Å²) in [5.74, 6) is 0.580. The zero-order valence-corrected chi connectivity index (χ0v) is 21.2. The molecule has 2 unspecified atom stereocenters. The summed E-state index contributed by atoms with van der Waals surface area (Å²) >= 11 is 0. The molecule has 1 saturated heterocycles. The quantitative estimate of drug-likeness (QED) is 0.593. The number of carbonyl (C=O) groups is 2. The number of nitrogens with zero attached hydrogens (tertiary/aromatic N) is 2. The number of pyridine rings is 1.